The summed E-state index contributed by atoms with van der Waals surface area (Å²) in [5.74, 6) is -1.50. The normalized spacial score (nSPS) is 21.7. The van der Waals surface area contributed by atoms with Gasteiger partial charge in [-0.3, -0.25) is 24.5 Å². The molecule has 3 saturated heterocycles. The lowest BCUT2D eigenvalue weighted by Gasteiger charge is -2.33. The van der Waals surface area contributed by atoms with Crippen LogP contribution in [0.4, 0.5) is 5.69 Å². The van der Waals surface area contributed by atoms with Crippen molar-refractivity contribution in [3.05, 3.63) is 52.1 Å². The van der Waals surface area contributed by atoms with Crippen LogP contribution in [0, 0.1) is 10.1 Å². The van der Waals surface area contributed by atoms with Crippen LogP contribution in [0.25, 0.3) is 22.4 Å². The van der Waals surface area contributed by atoms with E-state index >= 15 is 0 Å². The third-order valence-electron chi connectivity index (χ3n) is 8.81. The number of nitrogens with zero attached hydrogens (tertiary/aromatic N) is 5. The third kappa shape index (κ3) is 5.09. The van der Waals surface area contributed by atoms with Crippen LogP contribution in [-0.4, -0.2) is 103 Å². The van der Waals surface area contributed by atoms with Crippen LogP contribution in [0.1, 0.15) is 48.9 Å². The minimum Gasteiger partial charge on any atom is -0.507 e. The number of nitro groups is 1. The van der Waals surface area contributed by atoms with Crippen molar-refractivity contribution >= 4 is 40.4 Å². The molecule has 3 fully saturated rings. The van der Waals surface area contributed by atoms with Gasteiger partial charge in [0.05, 0.1) is 28.6 Å². The van der Waals surface area contributed by atoms with Crippen LogP contribution in [-0.2, 0) is 19.1 Å². The summed E-state index contributed by atoms with van der Waals surface area (Å²) in [6.07, 6.45) is 3.28. The summed E-state index contributed by atoms with van der Waals surface area (Å²) < 4.78 is 4.88. The highest BCUT2D eigenvalue weighted by molar-refractivity contribution is 6.01. The fourth-order valence-electron chi connectivity index (χ4n) is 6.61. The standard InChI is InChI=1S/C30H32N6O8/c1-44-30(41)24-7-4-14-35(24)29(40)23-6-3-13-34(23)28(39)22-5-2-12-33(22)27(38)19-15-17(8-11-25(19)37)26-31-20-10-9-18(36(42)43)16-21(20)32-26/h8-11,15-16,22-24,37H,2-7,12-14H2,1H3,(H,31,32)/t22-,23-,24-/m0/s1. The number of carbonyl (C=O) groups excluding carboxylic acids is 4. The lowest BCUT2D eigenvalue weighted by molar-refractivity contribution is -0.384. The van der Waals surface area contributed by atoms with Gasteiger partial charge in [0.2, 0.25) is 11.8 Å². The molecule has 6 rings (SSSR count). The Kier molecular flexibility index (Phi) is 7.66. The van der Waals surface area contributed by atoms with Crippen LogP contribution in [0.2, 0.25) is 0 Å². The zero-order valence-electron chi connectivity index (χ0n) is 24.1. The second-order valence-corrected chi connectivity index (χ2v) is 11.3. The molecular weight excluding hydrogens is 572 g/mol. The maximum Gasteiger partial charge on any atom is 0.328 e. The number of benzene rings is 2. The number of fused-ring (bicyclic) bond motifs is 1. The number of aromatic hydroxyl groups is 1. The summed E-state index contributed by atoms with van der Waals surface area (Å²) in [5, 5.41) is 21.8. The highest BCUT2D eigenvalue weighted by Crippen LogP contribution is 2.32. The number of ether oxygens (including phenoxy) is 1. The summed E-state index contributed by atoms with van der Waals surface area (Å²) >= 11 is 0. The highest BCUT2D eigenvalue weighted by Gasteiger charge is 2.46. The van der Waals surface area contributed by atoms with E-state index in [1.807, 2.05) is 0 Å². The monoisotopic (exact) mass is 604 g/mol. The second kappa shape index (κ2) is 11.6. The molecule has 3 aliphatic heterocycles. The fraction of sp³-hybridized carbons (Fsp3) is 0.433. The maximum atomic E-state index is 13.9. The first-order valence-electron chi connectivity index (χ1n) is 14.6. The molecule has 3 aliphatic rings. The first-order valence-corrected chi connectivity index (χ1v) is 14.6. The van der Waals surface area contributed by atoms with Crippen molar-refractivity contribution in [2.45, 2.75) is 56.7 Å². The number of amides is 3. The Balaban J connectivity index is 1.22. The van der Waals surface area contributed by atoms with E-state index in [1.165, 1.54) is 52.1 Å². The van der Waals surface area contributed by atoms with Gasteiger partial charge in [-0.25, -0.2) is 9.78 Å². The number of methoxy groups -OCH3 is 1. The van der Waals surface area contributed by atoms with E-state index in [1.54, 1.807) is 6.07 Å². The molecule has 2 aromatic carbocycles. The molecule has 3 amide bonds. The van der Waals surface area contributed by atoms with Crippen LogP contribution in [0.3, 0.4) is 0 Å². The molecule has 0 aliphatic carbocycles. The van der Waals surface area contributed by atoms with Gasteiger partial charge in [0.25, 0.3) is 11.6 Å². The van der Waals surface area contributed by atoms with Gasteiger partial charge in [0.15, 0.2) is 0 Å². The largest absolute Gasteiger partial charge is 0.507 e. The van der Waals surface area contributed by atoms with E-state index in [2.05, 4.69) is 9.97 Å². The quantitative estimate of drug-likeness (QED) is 0.243. The number of esters is 1. The second-order valence-electron chi connectivity index (χ2n) is 11.3. The Hall–Kier alpha value is -5.01. The molecule has 0 unspecified atom stereocenters. The molecule has 3 aromatic rings. The zero-order chi connectivity index (χ0) is 31.1. The smallest absolute Gasteiger partial charge is 0.328 e. The summed E-state index contributed by atoms with van der Waals surface area (Å²) in [4.78, 5) is 76.2. The van der Waals surface area contributed by atoms with Gasteiger partial charge in [-0.1, -0.05) is 0 Å². The summed E-state index contributed by atoms with van der Waals surface area (Å²) in [6.45, 7) is 1.09. The van der Waals surface area contributed by atoms with Gasteiger partial charge in [-0.05, 0) is 62.8 Å². The number of nitro benzene ring substituents is 1. The first-order chi connectivity index (χ1) is 21.2. The van der Waals surface area contributed by atoms with Crippen molar-refractivity contribution < 1.29 is 33.9 Å². The number of nitrogens with one attached hydrogen (secondary N) is 1. The number of aromatic amines is 1. The third-order valence-corrected chi connectivity index (χ3v) is 8.81. The molecule has 0 bridgehead atoms. The van der Waals surface area contributed by atoms with Gasteiger partial charge in [0.1, 0.15) is 29.7 Å². The topological polar surface area (TPSA) is 179 Å². The molecule has 0 saturated carbocycles. The van der Waals surface area contributed by atoms with Crippen molar-refractivity contribution in [2.24, 2.45) is 0 Å². The number of H-pyrrole nitrogens is 1. The lowest BCUT2D eigenvalue weighted by atomic mass is 10.1. The SMILES string of the molecule is COC(=O)[C@@H]1CCCN1C(=O)[C@@H]1CCCN1C(=O)[C@@H]1CCCN1C(=O)c1cc(-c2nc3ccc([N+](=O)[O-])cc3[nH]2)ccc1O. The first kappa shape index (κ1) is 29.1. The molecule has 14 nitrogen and oxygen atoms in total. The Morgan fingerprint density at radius 3 is 2.18 bits per heavy atom. The van der Waals surface area contributed by atoms with Crippen molar-refractivity contribution in [3.63, 3.8) is 0 Å². The number of carbonyl (C=O) groups is 4. The zero-order valence-corrected chi connectivity index (χ0v) is 24.1. The van der Waals surface area contributed by atoms with Crippen molar-refractivity contribution in [1.29, 1.82) is 0 Å². The van der Waals surface area contributed by atoms with E-state index in [0.717, 1.165) is 0 Å². The molecule has 3 atom stereocenters. The van der Waals surface area contributed by atoms with Crippen LogP contribution >= 0.6 is 0 Å². The van der Waals surface area contributed by atoms with E-state index < -0.39 is 34.9 Å². The van der Waals surface area contributed by atoms with Gasteiger partial charge in [-0.15, -0.1) is 0 Å². The molecule has 14 heteroatoms. The van der Waals surface area contributed by atoms with Gasteiger partial charge in [0, 0.05) is 37.3 Å². The molecule has 230 valence electrons. The average Bonchev–Trinajstić information content (AvgIpc) is 3.84. The van der Waals surface area contributed by atoms with E-state index in [0.29, 0.717) is 80.6 Å². The Morgan fingerprint density at radius 1 is 0.909 bits per heavy atom. The van der Waals surface area contributed by atoms with E-state index in [9.17, 15) is 34.4 Å². The minimum atomic E-state index is -0.805. The summed E-state index contributed by atoms with van der Waals surface area (Å²) in [5.41, 5.74) is 1.31. The van der Waals surface area contributed by atoms with Crippen LogP contribution < -0.4 is 0 Å². The van der Waals surface area contributed by atoms with Crippen LogP contribution in [0.15, 0.2) is 36.4 Å². The molecule has 1 aromatic heterocycles. The Labute approximate surface area is 251 Å². The maximum absolute atomic E-state index is 13.9. The number of hydrogen-bond acceptors (Lipinski definition) is 9. The summed E-state index contributed by atoms with van der Waals surface area (Å²) in [7, 11) is 1.29. The molecular formula is C30H32N6O8. The molecule has 4 heterocycles. The highest BCUT2D eigenvalue weighted by atomic mass is 16.6. The van der Waals surface area contributed by atoms with Crippen LogP contribution in [0.5, 0.6) is 5.75 Å². The van der Waals surface area contributed by atoms with Crippen molar-refractivity contribution in [3.8, 4) is 17.1 Å². The number of phenols is 1. The number of non-ortho nitro benzene ring substituents is 1. The Bertz CT molecular complexity index is 1670. The molecule has 0 spiro atoms. The lowest BCUT2D eigenvalue weighted by Crippen LogP contribution is -2.55. The average molecular weight is 605 g/mol. The van der Waals surface area contributed by atoms with Gasteiger partial charge in [-0.2, -0.15) is 0 Å². The fourth-order valence-corrected chi connectivity index (χ4v) is 6.61. The summed E-state index contributed by atoms with van der Waals surface area (Å²) in [6, 6.07) is 6.48. The number of phenolic OH excluding ortho intramolecular Hbond substituents is 1. The minimum absolute atomic E-state index is 0.0133. The predicted octanol–water partition coefficient (Wildman–Crippen LogP) is 2.60. The molecule has 2 N–H and O–H groups in total. The predicted molar refractivity (Wildman–Crippen MR) is 155 cm³/mol. The number of likely N-dealkylation sites (tertiary alicyclic amines) is 3. The van der Waals surface area contributed by atoms with Gasteiger partial charge >= 0.3 is 5.97 Å². The number of imidazole rings is 1. The molecule has 44 heavy (non-hydrogen) atoms. The van der Waals surface area contributed by atoms with Gasteiger partial charge < -0.3 is 29.5 Å². The van der Waals surface area contributed by atoms with E-state index in [4.69, 9.17) is 4.74 Å². The number of aromatic nitrogens is 2. The Morgan fingerprint density at radius 2 is 1.52 bits per heavy atom. The van der Waals surface area contributed by atoms with Crippen molar-refractivity contribution in [2.75, 3.05) is 26.7 Å². The number of hydrogen-bond donors (Lipinski definition) is 2. The van der Waals surface area contributed by atoms with Crippen molar-refractivity contribution in [1.82, 2.24) is 24.7 Å². The molecule has 0 radical (unpaired) electrons. The number of rotatable bonds is 6. The van der Waals surface area contributed by atoms with E-state index in [-0.39, 0.29) is 28.8 Å².